The van der Waals surface area contributed by atoms with E-state index in [9.17, 15) is 0 Å². The maximum Gasteiger partial charge on any atom is 0.160 e. The van der Waals surface area contributed by atoms with Crippen molar-refractivity contribution in [2.24, 2.45) is 0 Å². The first-order chi connectivity index (χ1) is 21.1. The fraction of sp³-hybridized carbons (Fsp3) is 0.0750. The molecule has 0 saturated carbocycles. The van der Waals surface area contributed by atoms with E-state index in [1.165, 1.54) is 33.0 Å². The van der Waals surface area contributed by atoms with Gasteiger partial charge in [0.25, 0.3) is 0 Å². The molecule has 2 aromatic heterocycles. The average molecular weight is 552 g/mol. The van der Waals surface area contributed by atoms with Gasteiger partial charge in [0, 0.05) is 33.9 Å². The Kier molecular flexibility index (Phi) is 5.80. The van der Waals surface area contributed by atoms with Gasteiger partial charge in [-0.15, -0.1) is 0 Å². The first kappa shape index (κ1) is 25.3. The molecule has 7 aromatic rings. The van der Waals surface area contributed by atoms with Gasteiger partial charge in [-0.2, -0.15) is 0 Å². The van der Waals surface area contributed by atoms with Crippen LogP contribution in [-0.2, 0) is 5.41 Å². The second-order valence-corrected chi connectivity index (χ2v) is 11.7. The molecule has 204 valence electrons. The topological polar surface area (TPSA) is 38.7 Å². The van der Waals surface area contributed by atoms with Crippen LogP contribution in [0.2, 0.25) is 0 Å². The Morgan fingerprint density at radius 3 is 1.91 bits per heavy atom. The molecule has 0 spiro atoms. The van der Waals surface area contributed by atoms with Crippen molar-refractivity contribution in [3.05, 3.63) is 151 Å². The summed E-state index contributed by atoms with van der Waals surface area (Å²) in [5, 5.41) is 2.58. The van der Waals surface area contributed by atoms with Crippen molar-refractivity contribution in [3.63, 3.8) is 0 Å². The molecule has 0 bridgehead atoms. The molecule has 0 saturated heterocycles. The van der Waals surface area contributed by atoms with Crippen molar-refractivity contribution in [3.8, 4) is 56.3 Å². The summed E-state index contributed by atoms with van der Waals surface area (Å²) in [6.45, 7) is 4.66. The molecular weight excluding hydrogens is 522 g/mol. The molecule has 3 heteroatoms. The van der Waals surface area contributed by atoms with E-state index in [0.29, 0.717) is 5.82 Å². The SMILES string of the molecule is CC1(C)c2cc(-c3cc(-c4ccc(-c5ccccc5)nc4)nc(-c4ccccc4)n3)ccc2-c2c1ccc1ccccc21. The molecule has 0 radical (unpaired) electrons. The zero-order chi connectivity index (χ0) is 29.0. The third-order valence-corrected chi connectivity index (χ3v) is 8.75. The van der Waals surface area contributed by atoms with Crippen molar-refractivity contribution >= 4 is 10.8 Å². The maximum atomic E-state index is 5.11. The van der Waals surface area contributed by atoms with Crippen LogP contribution >= 0.6 is 0 Å². The Hall–Kier alpha value is -5.41. The summed E-state index contributed by atoms with van der Waals surface area (Å²) in [6, 6.07) is 46.8. The zero-order valence-corrected chi connectivity index (χ0v) is 24.1. The van der Waals surface area contributed by atoms with Gasteiger partial charge in [-0.25, -0.2) is 9.97 Å². The number of pyridine rings is 1. The van der Waals surface area contributed by atoms with Crippen molar-refractivity contribution in [1.82, 2.24) is 15.0 Å². The second-order valence-electron chi connectivity index (χ2n) is 11.7. The Bertz CT molecular complexity index is 2130. The Morgan fingerprint density at radius 1 is 0.488 bits per heavy atom. The van der Waals surface area contributed by atoms with Gasteiger partial charge in [0.2, 0.25) is 0 Å². The fourth-order valence-corrected chi connectivity index (χ4v) is 6.45. The molecule has 0 unspecified atom stereocenters. The lowest BCUT2D eigenvalue weighted by molar-refractivity contribution is 0.661. The molecule has 0 atom stereocenters. The standard InChI is InChI=1S/C40H29N3/c1-40(2)33-21-18-26-11-9-10-16-31(26)38(33)32-20-17-29(23-34(32)40)36-24-37(43-39(42-36)28-14-7-4-8-15-28)30-19-22-35(41-25-30)27-12-5-3-6-13-27/h3-25H,1-2H3. The number of hydrogen-bond donors (Lipinski definition) is 0. The van der Waals surface area contributed by atoms with Crippen LogP contribution in [0.1, 0.15) is 25.0 Å². The van der Waals surface area contributed by atoms with E-state index >= 15 is 0 Å². The number of rotatable bonds is 4. The van der Waals surface area contributed by atoms with E-state index in [-0.39, 0.29) is 5.41 Å². The van der Waals surface area contributed by atoms with Crippen LogP contribution in [0.3, 0.4) is 0 Å². The molecule has 2 heterocycles. The first-order valence-electron chi connectivity index (χ1n) is 14.7. The summed E-state index contributed by atoms with van der Waals surface area (Å²) < 4.78 is 0. The number of hydrogen-bond acceptors (Lipinski definition) is 3. The lowest BCUT2D eigenvalue weighted by Gasteiger charge is -2.22. The van der Waals surface area contributed by atoms with Crippen molar-refractivity contribution < 1.29 is 0 Å². The van der Waals surface area contributed by atoms with Crippen LogP contribution < -0.4 is 0 Å². The molecule has 1 aliphatic carbocycles. The van der Waals surface area contributed by atoms with Gasteiger partial charge < -0.3 is 0 Å². The molecule has 8 rings (SSSR count). The van der Waals surface area contributed by atoms with Crippen molar-refractivity contribution in [2.75, 3.05) is 0 Å². The Labute approximate surface area is 251 Å². The Balaban J connectivity index is 1.27. The molecule has 1 aliphatic rings. The third kappa shape index (κ3) is 4.24. The van der Waals surface area contributed by atoms with Gasteiger partial charge in [0.1, 0.15) is 0 Å². The monoisotopic (exact) mass is 551 g/mol. The summed E-state index contributed by atoms with van der Waals surface area (Å²) >= 11 is 0. The minimum absolute atomic E-state index is 0.125. The van der Waals surface area contributed by atoms with Crippen LogP contribution in [-0.4, -0.2) is 15.0 Å². The fourth-order valence-electron chi connectivity index (χ4n) is 6.45. The quantitative estimate of drug-likeness (QED) is 0.218. The smallest absolute Gasteiger partial charge is 0.160 e. The molecule has 5 aromatic carbocycles. The van der Waals surface area contributed by atoms with Crippen molar-refractivity contribution in [2.45, 2.75) is 19.3 Å². The predicted molar refractivity (Wildman–Crippen MR) is 177 cm³/mol. The van der Waals surface area contributed by atoms with Gasteiger partial charge in [-0.1, -0.05) is 123 Å². The van der Waals surface area contributed by atoms with Gasteiger partial charge in [-0.05, 0) is 57.3 Å². The minimum Gasteiger partial charge on any atom is -0.256 e. The van der Waals surface area contributed by atoms with E-state index < -0.39 is 0 Å². The molecule has 43 heavy (non-hydrogen) atoms. The predicted octanol–water partition coefficient (Wildman–Crippen LogP) is 10.00. The van der Waals surface area contributed by atoms with Gasteiger partial charge in [-0.3, -0.25) is 4.98 Å². The van der Waals surface area contributed by atoms with E-state index in [1.54, 1.807) is 0 Å². The van der Waals surface area contributed by atoms with E-state index in [0.717, 1.165) is 39.3 Å². The highest BCUT2D eigenvalue weighted by molar-refractivity contribution is 6.02. The maximum absolute atomic E-state index is 5.11. The number of benzene rings is 5. The average Bonchev–Trinajstić information content (AvgIpc) is 3.31. The largest absolute Gasteiger partial charge is 0.256 e. The molecule has 3 nitrogen and oxygen atoms in total. The Morgan fingerprint density at radius 2 is 1.16 bits per heavy atom. The van der Waals surface area contributed by atoms with E-state index in [2.05, 4.69) is 111 Å². The summed E-state index contributed by atoms with van der Waals surface area (Å²) in [6.07, 6.45) is 1.91. The lowest BCUT2D eigenvalue weighted by atomic mass is 9.81. The van der Waals surface area contributed by atoms with Crippen LogP contribution in [0.15, 0.2) is 140 Å². The molecular formula is C40H29N3. The number of aromatic nitrogens is 3. The highest BCUT2D eigenvalue weighted by atomic mass is 14.9. The van der Waals surface area contributed by atoms with Gasteiger partial charge in [0.15, 0.2) is 5.82 Å². The summed E-state index contributed by atoms with van der Waals surface area (Å²) in [4.78, 5) is 14.9. The first-order valence-corrected chi connectivity index (χ1v) is 14.7. The number of nitrogens with zero attached hydrogens (tertiary/aromatic N) is 3. The van der Waals surface area contributed by atoms with E-state index in [4.69, 9.17) is 15.0 Å². The highest BCUT2D eigenvalue weighted by Gasteiger charge is 2.36. The van der Waals surface area contributed by atoms with E-state index in [1.807, 2.05) is 42.6 Å². The summed E-state index contributed by atoms with van der Waals surface area (Å²) in [7, 11) is 0. The molecule has 0 fully saturated rings. The number of fused-ring (bicyclic) bond motifs is 5. The van der Waals surface area contributed by atoms with Crippen LogP contribution in [0.25, 0.3) is 67.1 Å². The minimum atomic E-state index is -0.125. The van der Waals surface area contributed by atoms with Gasteiger partial charge in [0.05, 0.1) is 17.1 Å². The zero-order valence-electron chi connectivity index (χ0n) is 24.1. The second kappa shape index (κ2) is 9.85. The highest BCUT2D eigenvalue weighted by Crippen LogP contribution is 2.52. The van der Waals surface area contributed by atoms with Crippen LogP contribution in [0.5, 0.6) is 0 Å². The van der Waals surface area contributed by atoms with Crippen LogP contribution in [0.4, 0.5) is 0 Å². The summed E-state index contributed by atoms with van der Waals surface area (Å²) in [5.74, 6) is 0.703. The normalized spacial score (nSPS) is 13.1. The lowest BCUT2D eigenvalue weighted by Crippen LogP contribution is -2.15. The molecule has 0 aliphatic heterocycles. The van der Waals surface area contributed by atoms with Gasteiger partial charge >= 0.3 is 0 Å². The summed E-state index contributed by atoms with van der Waals surface area (Å²) in [5.41, 5.74) is 12.0. The van der Waals surface area contributed by atoms with Crippen molar-refractivity contribution in [1.29, 1.82) is 0 Å². The van der Waals surface area contributed by atoms with Crippen LogP contribution in [0, 0.1) is 0 Å². The molecule has 0 amide bonds. The molecule has 0 N–H and O–H groups in total. The third-order valence-electron chi connectivity index (χ3n) is 8.75.